The fourth-order valence-electron chi connectivity index (χ4n) is 1.84. The van der Waals surface area contributed by atoms with E-state index < -0.39 is 42.8 Å². The number of nitrogens with zero attached hydrogens (tertiary/aromatic N) is 1. The van der Waals surface area contributed by atoms with E-state index in [4.69, 9.17) is 9.31 Å². The van der Waals surface area contributed by atoms with Crippen molar-refractivity contribution in [2.24, 2.45) is 0 Å². The Morgan fingerprint density at radius 2 is 1.73 bits per heavy atom. The van der Waals surface area contributed by atoms with Crippen LogP contribution in [-0.4, -0.2) is 36.1 Å². The van der Waals surface area contributed by atoms with E-state index >= 15 is 0 Å². The van der Waals surface area contributed by atoms with Crippen LogP contribution in [0.3, 0.4) is 0 Å². The zero-order valence-corrected chi connectivity index (χ0v) is 12.6. The van der Waals surface area contributed by atoms with Crippen LogP contribution in [0.25, 0.3) is 0 Å². The third-order valence-corrected chi connectivity index (χ3v) is 3.77. The van der Waals surface area contributed by atoms with Gasteiger partial charge in [0.2, 0.25) is 5.88 Å². The van der Waals surface area contributed by atoms with Gasteiger partial charge in [0, 0.05) is 11.7 Å². The number of aromatic nitrogens is 1. The Kier molecular flexibility index (Phi) is 4.16. The van der Waals surface area contributed by atoms with Crippen LogP contribution in [0, 0.1) is 5.82 Å². The average Bonchev–Trinajstić information content (AvgIpc) is 2.56. The van der Waals surface area contributed by atoms with Gasteiger partial charge in [0.1, 0.15) is 0 Å². The zero-order chi connectivity index (χ0) is 16.8. The van der Waals surface area contributed by atoms with E-state index in [9.17, 15) is 17.6 Å². The summed E-state index contributed by atoms with van der Waals surface area (Å²) in [5, 5.41) is 0. The molecular weight excluding hydrogens is 305 g/mol. The second-order valence-corrected chi connectivity index (χ2v) is 6.01. The lowest BCUT2D eigenvalue weighted by molar-refractivity contribution is -0.154. The molecule has 0 aromatic carbocycles. The Balaban J connectivity index is 2.23. The predicted molar refractivity (Wildman–Crippen MR) is 71.5 cm³/mol. The van der Waals surface area contributed by atoms with Crippen molar-refractivity contribution < 1.29 is 31.6 Å². The Labute approximate surface area is 125 Å². The van der Waals surface area contributed by atoms with Gasteiger partial charge in [-0.1, -0.05) is 0 Å². The summed E-state index contributed by atoms with van der Waals surface area (Å²) >= 11 is 0. The van der Waals surface area contributed by atoms with Gasteiger partial charge in [0.05, 0.1) is 11.2 Å². The highest BCUT2D eigenvalue weighted by Gasteiger charge is 2.52. The van der Waals surface area contributed by atoms with Gasteiger partial charge in [0.25, 0.3) is 0 Å². The molecule has 0 N–H and O–H groups in total. The molecule has 1 aliphatic rings. The van der Waals surface area contributed by atoms with Crippen molar-refractivity contribution in [3.63, 3.8) is 0 Å². The molecule has 1 aromatic heterocycles. The van der Waals surface area contributed by atoms with Crippen LogP contribution >= 0.6 is 0 Å². The van der Waals surface area contributed by atoms with E-state index in [0.29, 0.717) is 0 Å². The summed E-state index contributed by atoms with van der Waals surface area (Å²) in [5.74, 6) is -1.75. The molecule has 1 aliphatic heterocycles. The lowest BCUT2D eigenvalue weighted by Gasteiger charge is -2.32. The van der Waals surface area contributed by atoms with E-state index in [2.05, 4.69) is 9.72 Å². The largest absolute Gasteiger partial charge is 0.498 e. The van der Waals surface area contributed by atoms with Gasteiger partial charge < -0.3 is 14.0 Å². The number of hydrogen-bond acceptors (Lipinski definition) is 4. The second kappa shape index (κ2) is 5.38. The molecule has 0 saturated carbocycles. The van der Waals surface area contributed by atoms with Crippen LogP contribution in [0.4, 0.5) is 17.6 Å². The minimum atomic E-state index is -4.57. The molecule has 0 atom stereocenters. The minimum absolute atomic E-state index is 0.0502. The van der Waals surface area contributed by atoms with Crippen molar-refractivity contribution in [3.8, 4) is 5.88 Å². The smallest absolute Gasteiger partial charge is 0.466 e. The summed E-state index contributed by atoms with van der Waals surface area (Å²) < 4.78 is 66.5. The van der Waals surface area contributed by atoms with Gasteiger partial charge in [-0.25, -0.2) is 9.37 Å². The molecule has 0 radical (unpaired) electrons. The molecule has 1 fully saturated rings. The van der Waals surface area contributed by atoms with E-state index in [1.807, 2.05) is 0 Å². The molecule has 0 spiro atoms. The Bertz CT molecular complexity index is 547. The molecular formula is C13H16BF4NO3. The van der Waals surface area contributed by atoms with Crippen LogP contribution in [0.1, 0.15) is 27.7 Å². The minimum Gasteiger partial charge on any atom is -0.466 e. The van der Waals surface area contributed by atoms with Gasteiger partial charge in [-0.2, -0.15) is 13.2 Å². The van der Waals surface area contributed by atoms with Gasteiger partial charge in [-0.05, 0) is 33.8 Å². The number of alkyl halides is 3. The van der Waals surface area contributed by atoms with Crippen molar-refractivity contribution in [2.75, 3.05) is 6.61 Å². The maximum Gasteiger partial charge on any atom is 0.498 e. The fourth-order valence-corrected chi connectivity index (χ4v) is 1.84. The highest BCUT2D eigenvalue weighted by molar-refractivity contribution is 6.62. The second-order valence-electron chi connectivity index (χ2n) is 6.01. The van der Waals surface area contributed by atoms with Gasteiger partial charge >= 0.3 is 13.3 Å². The molecule has 0 unspecified atom stereocenters. The Hall–Kier alpha value is -1.35. The highest BCUT2D eigenvalue weighted by atomic mass is 19.4. The highest BCUT2D eigenvalue weighted by Crippen LogP contribution is 2.36. The standard InChI is InChI=1S/C13H16BF4NO3/c1-11(2)12(3,4)22-14(21-11)8-5-6-19-10(9(8)15)20-7-13(16,17)18/h5-6H,7H2,1-4H3. The van der Waals surface area contributed by atoms with Crippen LogP contribution in [0.15, 0.2) is 12.3 Å². The summed E-state index contributed by atoms with van der Waals surface area (Å²) in [6, 6.07) is 1.29. The maximum absolute atomic E-state index is 14.3. The molecule has 4 nitrogen and oxygen atoms in total. The lowest BCUT2D eigenvalue weighted by atomic mass is 9.79. The monoisotopic (exact) mass is 321 g/mol. The van der Waals surface area contributed by atoms with E-state index in [1.54, 1.807) is 27.7 Å². The predicted octanol–water partition coefficient (Wildman–Crippen LogP) is 2.46. The topological polar surface area (TPSA) is 40.6 Å². The number of rotatable bonds is 3. The number of halogens is 4. The van der Waals surface area contributed by atoms with Gasteiger partial charge in [-0.15, -0.1) is 0 Å². The lowest BCUT2D eigenvalue weighted by Crippen LogP contribution is -2.41. The Morgan fingerprint density at radius 3 is 2.23 bits per heavy atom. The van der Waals surface area contributed by atoms with E-state index in [0.717, 1.165) is 6.20 Å². The molecule has 22 heavy (non-hydrogen) atoms. The van der Waals surface area contributed by atoms with Crippen molar-refractivity contribution in [2.45, 2.75) is 45.1 Å². The first-order valence-corrected chi connectivity index (χ1v) is 6.62. The third-order valence-electron chi connectivity index (χ3n) is 3.77. The molecule has 1 saturated heterocycles. The average molecular weight is 321 g/mol. The molecule has 2 rings (SSSR count). The molecule has 1 aromatic rings. The van der Waals surface area contributed by atoms with Crippen molar-refractivity contribution in [1.82, 2.24) is 4.98 Å². The van der Waals surface area contributed by atoms with E-state index in [1.165, 1.54) is 6.07 Å². The number of ether oxygens (including phenoxy) is 1. The summed E-state index contributed by atoms with van der Waals surface area (Å²) in [4.78, 5) is 3.48. The maximum atomic E-state index is 14.3. The summed E-state index contributed by atoms with van der Waals surface area (Å²) in [6.07, 6.45) is -3.43. The normalized spacial score (nSPS) is 20.3. The zero-order valence-electron chi connectivity index (χ0n) is 12.6. The first kappa shape index (κ1) is 17.0. The van der Waals surface area contributed by atoms with Gasteiger partial charge in [0.15, 0.2) is 12.4 Å². The molecule has 122 valence electrons. The number of pyridine rings is 1. The van der Waals surface area contributed by atoms with Crippen LogP contribution in [0.2, 0.25) is 0 Å². The third kappa shape index (κ3) is 3.35. The van der Waals surface area contributed by atoms with Crippen LogP contribution in [0.5, 0.6) is 5.88 Å². The fraction of sp³-hybridized carbons (Fsp3) is 0.615. The summed E-state index contributed by atoms with van der Waals surface area (Å²) in [6.45, 7) is 5.52. The molecule has 2 heterocycles. The van der Waals surface area contributed by atoms with Crippen LogP contribution in [-0.2, 0) is 9.31 Å². The number of hydrogen-bond donors (Lipinski definition) is 0. The summed E-state index contributed by atoms with van der Waals surface area (Å²) in [5.41, 5.74) is -1.44. The first-order valence-electron chi connectivity index (χ1n) is 6.62. The van der Waals surface area contributed by atoms with E-state index in [-0.39, 0.29) is 5.46 Å². The quantitative estimate of drug-likeness (QED) is 0.633. The Morgan fingerprint density at radius 1 is 1.18 bits per heavy atom. The molecule has 0 aliphatic carbocycles. The van der Waals surface area contributed by atoms with Crippen molar-refractivity contribution in [1.29, 1.82) is 0 Å². The molecule has 0 amide bonds. The molecule has 9 heteroatoms. The van der Waals surface area contributed by atoms with Crippen molar-refractivity contribution >= 4 is 12.6 Å². The SMILES string of the molecule is CC1(C)OB(c2ccnc(OCC(F)(F)F)c2F)OC1(C)C. The summed E-state index contributed by atoms with van der Waals surface area (Å²) in [7, 11) is -1.04. The van der Waals surface area contributed by atoms with Crippen molar-refractivity contribution in [3.05, 3.63) is 18.1 Å². The van der Waals surface area contributed by atoms with Crippen LogP contribution < -0.4 is 10.2 Å². The van der Waals surface area contributed by atoms with Gasteiger partial charge in [-0.3, -0.25) is 0 Å². The molecule has 0 bridgehead atoms. The first-order chi connectivity index (χ1) is 9.93.